The van der Waals surface area contributed by atoms with Crippen molar-refractivity contribution in [2.24, 2.45) is 5.92 Å². The molecule has 1 atom stereocenters. The van der Waals surface area contributed by atoms with Crippen molar-refractivity contribution in [3.05, 3.63) is 67.9 Å². The van der Waals surface area contributed by atoms with Gasteiger partial charge in [0.1, 0.15) is 5.65 Å². The second kappa shape index (κ2) is 5.78. The van der Waals surface area contributed by atoms with Crippen molar-refractivity contribution in [2.75, 3.05) is 6.54 Å². The zero-order valence-electron chi connectivity index (χ0n) is 14.3. The van der Waals surface area contributed by atoms with E-state index in [2.05, 4.69) is 16.3 Å². The first-order chi connectivity index (χ1) is 12.2. The van der Waals surface area contributed by atoms with Gasteiger partial charge in [-0.1, -0.05) is 6.07 Å². The van der Waals surface area contributed by atoms with Gasteiger partial charge in [0, 0.05) is 36.3 Å². The van der Waals surface area contributed by atoms with Crippen LogP contribution in [-0.4, -0.2) is 20.8 Å². The summed E-state index contributed by atoms with van der Waals surface area (Å²) in [6, 6.07) is 8.47. The SMILES string of the molecule is Cc1ccc2nc(CN3CCc4sccc4[C@H]3C3CC3)cc(=O)n2c1. The molecule has 0 spiro atoms. The predicted molar refractivity (Wildman–Crippen MR) is 100 cm³/mol. The zero-order valence-corrected chi connectivity index (χ0v) is 15.1. The van der Waals surface area contributed by atoms with Crippen LogP contribution in [-0.2, 0) is 13.0 Å². The summed E-state index contributed by atoms with van der Waals surface area (Å²) in [4.78, 5) is 21.3. The molecule has 0 bridgehead atoms. The Morgan fingerprint density at radius 2 is 2.16 bits per heavy atom. The quantitative estimate of drug-likeness (QED) is 0.724. The first-order valence-corrected chi connectivity index (χ1v) is 9.86. The van der Waals surface area contributed by atoms with Gasteiger partial charge in [-0.05, 0) is 60.7 Å². The number of rotatable bonds is 3. The third-order valence-electron chi connectivity index (χ3n) is 5.41. The summed E-state index contributed by atoms with van der Waals surface area (Å²) >= 11 is 1.89. The Labute approximate surface area is 150 Å². The van der Waals surface area contributed by atoms with Gasteiger partial charge in [-0.3, -0.25) is 14.1 Å². The molecule has 0 amide bonds. The summed E-state index contributed by atoms with van der Waals surface area (Å²) in [6.45, 7) is 3.81. The lowest BCUT2D eigenvalue weighted by molar-refractivity contribution is 0.156. The summed E-state index contributed by atoms with van der Waals surface area (Å²) < 4.78 is 1.64. The minimum Gasteiger partial charge on any atom is -0.290 e. The molecule has 0 saturated heterocycles. The van der Waals surface area contributed by atoms with Crippen molar-refractivity contribution >= 4 is 17.0 Å². The van der Waals surface area contributed by atoms with Gasteiger partial charge in [0.15, 0.2) is 0 Å². The van der Waals surface area contributed by atoms with Crippen LogP contribution in [0.3, 0.4) is 0 Å². The second-order valence-electron chi connectivity index (χ2n) is 7.32. The minimum absolute atomic E-state index is 0.0138. The van der Waals surface area contributed by atoms with Crippen LogP contribution in [0.15, 0.2) is 40.6 Å². The standard InChI is InChI=1S/C20H21N3OS/c1-13-2-5-18-21-15(10-19(24)23(18)11-13)12-22-8-6-17-16(7-9-25-17)20(22)14-3-4-14/h2,5,7,9-11,14,20H,3-4,6,8,12H2,1H3/t20-/m1/s1. The van der Waals surface area contributed by atoms with E-state index < -0.39 is 0 Å². The minimum atomic E-state index is 0.0138. The number of aryl methyl sites for hydroxylation is 1. The lowest BCUT2D eigenvalue weighted by atomic mass is 9.95. The van der Waals surface area contributed by atoms with Crippen LogP contribution in [0, 0.1) is 12.8 Å². The van der Waals surface area contributed by atoms with E-state index in [1.54, 1.807) is 15.3 Å². The molecule has 5 rings (SSSR count). The number of aromatic nitrogens is 2. The van der Waals surface area contributed by atoms with Gasteiger partial charge in [-0.2, -0.15) is 0 Å². The monoisotopic (exact) mass is 351 g/mol. The molecule has 25 heavy (non-hydrogen) atoms. The fraction of sp³-hybridized carbons (Fsp3) is 0.400. The van der Waals surface area contributed by atoms with Gasteiger partial charge in [0.25, 0.3) is 5.56 Å². The Morgan fingerprint density at radius 1 is 1.28 bits per heavy atom. The van der Waals surface area contributed by atoms with Crippen LogP contribution >= 0.6 is 11.3 Å². The van der Waals surface area contributed by atoms with Crippen LogP contribution in [0.5, 0.6) is 0 Å². The molecule has 0 radical (unpaired) electrons. The maximum Gasteiger partial charge on any atom is 0.258 e. The molecule has 1 fully saturated rings. The second-order valence-corrected chi connectivity index (χ2v) is 8.32. The van der Waals surface area contributed by atoms with E-state index in [0.717, 1.165) is 42.3 Å². The van der Waals surface area contributed by atoms with Gasteiger partial charge in [-0.25, -0.2) is 4.98 Å². The van der Waals surface area contributed by atoms with Crippen molar-refractivity contribution in [1.82, 2.24) is 14.3 Å². The van der Waals surface area contributed by atoms with E-state index in [9.17, 15) is 4.79 Å². The van der Waals surface area contributed by atoms with Crippen LogP contribution in [0.2, 0.25) is 0 Å². The summed E-state index contributed by atoms with van der Waals surface area (Å²) in [7, 11) is 0. The highest BCUT2D eigenvalue weighted by molar-refractivity contribution is 7.10. The van der Waals surface area contributed by atoms with Crippen LogP contribution in [0.4, 0.5) is 0 Å². The molecule has 1 aliphatic carbocycles. The van der Waals surface area contributed by atoms with Crippen LogP contribution in [0.1, 0.15) is 40.6 Å². The fourth-order valence-electron chi connectivity index (χ4n) is 4.09. The highest BCUT2D eigenvalue weighted by Gasteiger charge is 2.39. The lowest BCUT2D eigenvalue weighted by Gasteiger charge is -2.36. The van der Waals surface area contributed by atoms with E-state index in [1.807, 2.05) is 36.6 Å². The Balaban J connectivity index is 1.50. The first-order valence-electron chi connectivity index (χ1n) is 8.98. The highest BCUT2D eigenvalue weighted by atomic mass is 32.1. The van der Waals surface area contributed by atoms with E-state index in [4.69, 9.17) is 4.98 Å². The third kappa shape index (κ3) is 2.71. The van der Waals surface area contributed by atoms with Crippen molar-refractivity contribution < 1.29 is 0 Å². The zero-order chi connectivity index (χ0) is 17.0. The fourth-order valence-corrected chi connectivity index (χ4v) is 5.00. The molecule has 1 aliphatic heterocycles. The molecule has 2 aliphatic rings. The largest absolute Gasteiger partial charge is 0.290 e. The molecule has 0 N–H and O–H groups in total. The van der Waals surface area contributed by atoms with Gasteiger partial charge in [0.2, 0.25) is 0 Å². The lowest BCUT2D eigenvalue weighted by Crippen LogP contribution is -2.36. The van der Waals surface area contributed by atoms with Crippen LogP contribution < -0.4 is 5.56 Å². The van der Waals surface area contributed by atoms with Crippen LogP contribution in [0.25, 0.3) is 5.65 Å². The number of fused-ring (bicyclic) bond motifs is 2. The van der Waals surface area contributed by atoms with Gasteiger partial charge in [0.05, 0.1) is 5.69 Å². The van der Waals surface area contributed by atoms with Gasteiger partial charge >= 0.3 is 0 Å². The molecule has 5 heteroatoms. The summed E-state index contributed by atoms with van der Waals surface area (Å²) in [5, 5.41) is 2.23. The molecular weight excluding hydrogens is 330 g/mol. The van der Waals surface area contributed by atoms with E-state index in [1.165, 1.54) is 18.4 Å². The Hall–Kier alpha value is -1.98. The number of thiophene rings is 1. The predicted octanol–water partition coefficient (Wildman–Crippen LogP) is 3.57. The Kier molecular flexibility index (Phi) is 3.54. The average Bonchev–Trinajstić information content (AvgIpc) is 3.32. The van der Waals surface area contributed by atoms with Crippen molar-refractivity contribution in [3.63, 3.8) is 0 Å². The molecule has 0 aromatic carbocycles. The molecule has 1 saturated carbocycles. The molecular formula is C20H21N3OS. The molecule has 4 nitrogen and oxygen atoms in total. The normalized spacial score (nSPS) is 20.8. The van der Waals surface area contributed by atoms with E-state index in [0.29, 0.717) is 6.04 Å². The summed E-state index contributed by atoms with van der Waals surface area (Å²) in [6.07, 6.45) is 5.62. The molecule has 3 aromatic rings. The maximum atomic E-state index is 12.5. The topological polar surface area (TPSA) is 37.6 Å². The average molecular weight is 351 g/mol. The number of hydrogen-bond donors (Lipinski definition) is 0. The summed E-state index contributed by atoms with van der Waals surface area (Å²) in [5.41, 5.74) is 4.23. The van der Waals surface area contributed by atoms with E-state index in [-0.39, 0.29) is 5.56 Å². The Morgan fingerprint density at radius 3 is 3.00 bits per heavy atom. The van der Waals surface area contributed by atoms with Crippen molar-refractivity contribution in [1.29, 1.82) is 0 Å². The number of nitrogens with zero attached hydrogens (tertiary/aromatic N) is 3. The first kappa shape index (κ1) is 15.3. The van der Waals surface area contributed by atoms with E-state index >= 15 is 0 Å². The molecule has 4 heterocycles. The third-order valence-corrected chi connectivity index (χ3v) is 6.41. The number of pyridine rings is 1. The molecule has 128 valence electrons. The van der Waals surface area contributed by atoms with Gasteiger partial charge in [-0.15, -0.1) is 11.3 Å². The number of hydrogen-bond acceptors (Lipinski definition) is 4. The molecule has 0 unspecified atom stereocenters. The Bertz CT molecular complexity index is 1000. The molecule has 3 aromatic heterocycles. The van der Waals surface area contributed by atoms with Gasteiger partial charge < -0.3 is 0 Å². The smallest absolute Gasteiger partial charge is 0.258 e. The maximum absolute atomic E-state index is 12.5. The van der Waals surface area contributed by atoms with Crippen molar-refractivity contribution in [2.45, 2.75) is 38.8 Å². The van der Waals surface area contributed by atoms with Crippen molar-refractivity contribution in [3.8, 4) is 0 Å². The highest BCUT2D eigenvalue weighted by Crippen LogP contribution is 2.48. The summed E-state index contributed by atoms with van der Waals surface area (Å²) in [5.74, 6) is 0.776.